The highest BCUT2D eigenvalue weighted by atomic mass is 16.3. The molecule has 0 fully saturated rings. The van der Waals surface area contributed by atoms with Gasteiger partial charge in [0.25, 0.3) is 0 Å². The van der Waals surface area contributed by atoms with Crippen LogP contribution < -0.4 is 10.2 Å². The van der Waals surface area contributed by atoms with Crippen LogP contribution in [0.5, 0.6) is 0 Å². The smallest absolute Gasteiger partial charge is 0.158 e. The van der Waals surface area contributed by atoms with Gasteiger partial charge in [0.2, 0.25) is 0 Å². The van der Waals surface area contributed by atoms with Crippen molar-refractivity contribution >= 4 is 0 Å². The number of hydrogen-bond donors (Lipinski definition) is 3. The Morgan fingerprint density at radius 2 is 1.78 bits per heavy atom. The second-order valence-corrected chi connectivity index (χ2v) is 6.05. The standard InChI is InChI=1S/C19H28N2O2/c1-4-21(5-2)13-12-20-14-18-10-11-19(23-18)17-8-6-16(7-9-17)15(3)22/h6-11,15,20,22H,4-5,12-14H2,1-3H3/p+2/t15-/m0/s1. The molecule has 0 saturated heterocycles. The molecule has 2 aromatic rings. The molecule has 0 aliphatic rings. The lowest BCUT2D eigenvalue weighted by atomic mass is 10.1. The van der Waals surface area contributed by atoms with Gasteiger partial charge in [-0.1, -0.05) is 24.3 Å². The molecule has 0 amide bonds. The SMILES string of the molecule is CC[NH+](CC)CC[NH2+]Cc1ccc(-c2ccc([C@H](C)O)cc2)o1. The third-order valence-corrected chi connectivity index (χ3v) is 4.39. The Morgan fingerprint density at radius 1 is 1.09 bits per heavy atom. The van der Waals surface area contributed by atoms with Crippen LogP contribution in [0.3, 0.4) is 0 Å². The van der Waals surface area contributed by atoms with E-state index in [2.05, 4.69) is 25.2 Å². The summed E-state index contributed by atoms with van der Waals surface area (Å²) in [6, 6.07) is 12.0. The fourth-order valence-electron chi connectivity index (χ4n) is 2.72. The minimum Gasteiger partial charge on any atom is -0.455 e. The summed E-state index contributed by atoms with van der Waals surface area (Å²) >= 11 is 0. The maximum atomic E-state index is 9.56. The van der Waals surface area contributed by atoms with Gasteiger partial charge in [-0.3, -0.25) is 0 Å². The average molecular weight is 318 g/mol. The number of aliphatic hydroxyl groups is 1. The first-order valence-corrected chi connectivity index (χ1v) is 8.66. The van der Waals surface area contributed by atoms with E-state index in [-0.39, 0.29) is 0 Å². The van der Waals surface area contributed by atoms with Gasteiger partial charge in [-0.25, -0.2) is 0 Å². The minimum absolute atomic E-state index is 0.432. The molecule has 1 aromatic heterocycles. The van der Waals surface area contributed by atoms with E-state index in [1.807, 2.05) is 30.3 Å². The first-order chi connectivity index (χ1) is 11.1. The molecular weight excluding hydrogens is 288 g/mol. The van der Waals surface area contributed by atoms with E-state index in [1.54, 1.807) is 11.8 Å². The number of nitrogens with two attached hydrogens (primary N) is 1. The highest BCUT2D eigenvalue weighted by Crippen LogP contribution is 2.23. The summed E-state index contributed by atoms with van der Waals surface area (Å²) in [4.78, 5) is 1.64. The molecule has 0 unspecified atom stereocenters. The molecular formula is C19H30N2O2+2. The van der Waals surface area contributed by atoms with Crippen LogP contribution in [0.25, 0.3) is 11.3 Å². The first kappa shape index (κ1) is 17.7. The molecule has 1 heterocycles. The van der Waals surface area contributed by atoms with E-state index in [9.17, 15) is 5.11 Å². The number of likely N-dealkylation sites (N-methyl/N-ethyl adjacent to an activating group) is 1. The van der Waals surface area contributed by atoms with Crippen LogP contribution in [-0.4, -0.2) is 31.3 Å². The zero-order valence-corrected chi connectivity index (χ0v) is 14.5. The number of benzene rings is 1. The van der Waals surface area contributed by atoms with Crippen molar-refractivity contribution in [3.63, 3.8) is 0 Å². The fraction of sp³-hybridized carbons (Fsp3) is 0.474. The van der Waals surface area contributed by atoms with Crippen molar-refractivity contribution in [3.05, 3.63) is 47.7 Å². The molecule has 0 saturated carbocycles. The zero-order valence-electron chi connectivity index (χ0n) is 14.5. The highest BCUT2D eigenvalue weighted by Gasteiger charge is 2.08. The lowest BCUT2D eigenvalue weighted by Crippen LogP contribution is -3.14. The topological polar surface area (TPSA) is 54.4 Å². The maximum Gasteiger partial charge on any atom is 0.158 e. The van der Waals surface area contributed by atoms with Crippen LogP contribution in [0, 0.1) is 0 Å². The van der Waals surface area contributed by atoms with E-state index in [4.69, 9.17) is 4.42 Å². The third kappa shape index (κ3) is 5.20. The normalized spacial score (nSPS) is 12.7. The lowest BCUT2D eigenvalue weighted by molar-refractivity contribution is -0.910. The Bertz CT molecular complexity index is 571. The van der Waals surface area contributed by atoms with Crippen LogP contribution in [0.2, 0.25) is 0 Å². The molecule has 1 atom stereocenters. The molecule has 23 heavy (non-hydrogen) atoms. The maximum absolute atomic E-state index is 9.56. The van der Waals surface area contributed by atoms with Gasteiger partial charge in [0.05, 0.1) is 19.2 Å². The van der Waals surface area contributed by atoms with Crippen molar-refractivity contribution in [1.82, 2.24) is 0 Å². The molecule has 0 bridgehead atoms. The van der Waals surface area contributed by atoms with Gasteiger partial charge in [0, 0.05) is 5.56 Å². The van der Waals surface area contributed by atoms with Gasteiger partial charge in [0.1, 0.15) is 25.4 Å². The number of rotatable bonds is 9. The van der Waals surface area contributed by atoms with Crippen molar-refractivity contribution in [2.45, 2.75) is 33.4 Å². The summed E-state index contributed by atoms with van der Waals surface area (Å²) in [5, 5.41) is 11.9. The quantitative estimate of drug-likeness (QED) is 0.604. The van der Waals surface area contributed by atoms with E-state index < -0.39 is 6.10 Å². The van der Waals surface area contributed by atoms with Gasteiger partial charge < -0.3 is 19.7 Å². The van der Waals surface area contributed by atoms with Gasteiger partial charge in [-0.2, -0.15) is 0 Å². The van der Waals surface area contributed by atoms with Crippen molar-refractivity contribution in [2.24, 2.45) is 0 Å². The average Bonchev–Trinajstić information content (AvgIpc) is 3.04. The minimum atomic E-state index is -0.432. The molecule has 4 nitrogen and oxygen atoms in total. The van der Waals surface area contributed by atoms with Crippen molar-refractivity contribution in [1.29, 1.82) is 0 Å². The summed E-state index contributed by atoms with van der Waals surface area (Å²) in [5.41, 5.74) is 1.97. The molecule has 2 rings (SSSR count). The molecule has 0 radical (unpaired) electrons. The molecule has 0 aliphatic carbocycles. The Balaban J connectivity index is 1.85. The largest absolute Gasteiger partial charge is 0.455 e. The van der Waals surface area contributed by atoms with Gasteiger partial charge >= 0.3 is 0 Å². The number of hydrogen-bond acceptors (Lipinski definition) is 2. The van der Waals surface area contributed by atoms with E-state index in [0.29, 0.717) is 0 Å². The summed E-state index contributed by atoms with van der Waals surface area (Å²) in [6.07, 6.45) is -0.432. The Hall–Kier alpha value is -1.62. The van der Waals surface area contributed by atoms with Crippen LogP contribution in [-0.2, 0) is 6.54 Å². The van der Waals surface area contributed by atoms with Gasteiger partial charge in [-0.15, -0.1) is 0 Å². The zero-order chi connectivity index (χ0) is 16.7. The van der Waals surface area contributed by atoms with E-state index >= 15 is 0 Å². The van der Waals surface area contributed by atoms with Crippen molar-refractivity contribution < 1.29 is 19.7 Å². The molecule has 4 heteroatoms. The Labute approximate surface area is 139 Å². The fourth-order valence-corrected chi connectivity index (χ4v) is 2.72. The van der Waals surface area contributed by atoms with E-state index in [1.165, 1.54) is 19.6 Å². The molecule has 4 N–H and O–H groups in total. The Morgan fingerprint density at radius 3 is 2.39 bits per heavy atom. The summed E-state index contributed by atoms with van der Waals surface area (Å²) in [7, 11) is 0. The third-order valence-electron chi connectivity index (χ3n) is 4.39. The first-order valence-electron chi connectivity index (χ1n) is 8.66. The molecule has 126 valence electrons. The second-order valence-electron chi connectivity index (χ2n) is 6.05. The van der Waals surface area contributed by atoms with Gasteiger partial charge in [0.15, 0.2) is 5.76 Å². The van der Waals surface area contributed by atoms with Crippen LogP contribution in [0.4, 0.5) is 0 Å². The lowest BCUT2D eigenvalue weighted by Gasteiger charge is -2.13. The number of aliphatic hydroxyl groups excluding tert-OH is 1. The number of quaternary nitrogens is 2. The molecule has 0 spiro atoms. The van der Waals surface area contributed by atoms with Gasteiger partial charge in [-0.05, 0) is 38.5 Å². The molecule has 1 aromatic carbocycles. The highest BCUT2D eigenvalue weighted by molar-refractivity contribution is 5.58. The summed E-state index contributed by atoms with van der Waals surface area (Å²) in [6.45, 7) is 11.8. The predicted molar refractivity (Wildman–Crippen MR) is 92.2 cm³/mol. The monoisotopic (exact) mass is 318 g/mol. The number of nitrogens with one attached hydrogen (secondary N) is 1. The number of furan rings is 1. The second kappa shape index (κ2) is 8.87. The van der Waals surface area contributed by atoms with Crippen molar-refractivity contribution in [3.8, 4) is 11.3 Å². The van der Waals surface area contributed by atoms with E-state index in [0.717, 1.165) is 35.7 Å². The van der Waals surface area contributed by atoms with Crippen molar-refractivity contribution in [2.75, 3.05) is 26.2 Å². The predicted octanol–water partition coefficient (Wildman–Crippen LogP) is 0.988. The van der Waals surface area contributed by atoms with Crippen LogP contribution in [0.15, 0.2) is 40.8 Å². The van der Waals surface area contributed by atoms with Crippen LogP contribution in [0.1, 0.15) is 38.2 Å². The summed E-state index contributed by atoms with van der Waals surface area (Å²) < 4.78 is 5.93. The Kier molecular flexibility index (Phi) is 6.84. The summed E-state index contributed by atoms with van der Waals surface area (Å²) in [5.74, 6) is 1.90. The molecule has 0 aliphatic heterocycles. The van der Waals surface area contributed by atoms with Crippen LogP contribution >= 0.6 is 0 Å².